The molecular weight excluding hydrogens is 255 g/mol. The Hall–Kier alpha value is -1.14. The van der Waals surface area contributed by atoms with Crippen LogP contribution in [0.2, 0.25) is 10.0 Å². The highest BCUT2D eigenvalue weighted by Crippen LogP contribution is 2.36. The molecule has 0 aliphatic carbocycles. The molecule has 0 radical (unpaired) electrons. The molecule has 0 heterocycles. The second kappa shape index (κ2) is 4.59. The Morgan fingerprint density at radius 3 is 2.13 bits per heavy atom. The van der Waals surface area contributed by atoms with Crippen LogP contribution in [0.1, 0.15) is 0 Å². The summed E-state index contributed by atoms with van der Waals surface area (Å²) in [7, 11) is 0. The average Bonchev–Trinajstić information content (AvgIpc) is 1.99. The Balaban J connectivity index is 3.14. The van der Waals surface area contributed by atoms with Crippen molar-refractivity contribution in [3.63, 3.8) is 0 Å². The molecule has 0 fully saturated rings. The highest BCUT2D eigenvalue weighted by atomic mass is 35.5. The minimum Gasteiger partial charge on any atom is -0.435 e. The molecule has 0 unspecified atom stereocenters. The summed E-state index contributed by atoms with van der Waals surface area (Å²) in [5.74, 6) is -0.328. The van der Waals surface area contributed by atoms with E-state index in [0.29, 0.717) is 0 Å². The van der Waals surface area contributed by atoms with Gasteiger partial charge in [-0.2, -0.15) is 8.78 Å². The van der Waals surface area contributed by atoms with Gasteiger partial charge in [0, 0.05) is 12.1 Å². The molecule has 1 aromatic carbocycles. The van der Waals surface area contributed by atoms with Crippen LogP contribution in [-0.4, -0.2) is 11.5 Å². The molecule has 0 spiro atoms. The largest absolute Gasteiger partial charge is 0.435 e. The van der Waals surface area contributed by atoms with Crippen molar-refractivity contribution >= 4 is 28.9 Å². The van der Waals surface area contributed by atoms with E-state index in [9.17, 15) is 18.9 Å². The summed E-state index contributed by atoms with van der Waals surface area (Å²) in [5, 5.41) is 9.71. The first-order chi connectivity index (χ1) is 6.91. The summed E-state index contributed by atoms with van der Waals surface area (Å²) in [6.07, 6.45) is 0. The summed E-state index contributed by atoms with van der Waals surface area (Å²) >= 11 is 10.9. The van der Waals surface area contributed by atoms with Crippen molar-refractivity contribution in [2.24, 2.45) is 0 Å². The predicted molar refractivity (Wildman–Crippen MR) is 49.7 cm³/mol. The van der Waals surface area contributed by atoms with Gasteiger partial charge in [-0.1, -0.05) is 23.2 Å². The minimum atomic E-state index is -3.04. The summed E-state index contributed by atoms with van der Waals surface area (Å²) in [4.78, 5) is 9.62. The van der Waals surface area contributed by atoms with Crippen molar-refractivity contribution in [1.82, 2.24) is 0 Å². The van der Waals surface area contributed by atoms with E-state index in [4.69, 9.17) is 23.2 Å². The highest BCUT2D eigenvalue weighted by molar-refractivity contribution is 6.38. The molecule has 0 aliphatic heterocycles. The van der Waals surface area contributed by atoms with Gasteiger partial charge >= 0.3 is 12.3 Å². The smallest absolute Gasteiger partial charge is 0.387 e. The van der Waals surface area contributed by atoms with Crippen molar-refractivity contribution in [2.75, 3.05) is 0 Å². The second-order valence-electron chi connectivity index (χ2n) is 2.37. The zero-order chi connectivity index (χ0) is 11.6. The van der Waals surface area contributed by atoms with Crippen molar-refractivity contribution in [3.05, 3.63) is 32.3 Å². The maximum Gasteiger partial charge on any atom is 0.387 e. The number of alkyl halides is 2. The van der Waals surface area contributed by atoms with Crippen LogP contribution in [0.5, 0.6) is 5.75 Å². The molecule has 8 heteroatoms. The summed E-state index contributed by atoms with van der Waals surface area (Å²) in [6, 6.07) is 1.80. The van der Waals surface area contributed by atoms with E-state index in [1.54, 1.807) is 0 Å². The first-order valence-corrected chi connectivity index (χ1v) is 4.25. The van der Waals surface area contributed by atoms with E-state index in [-0.39, 0.29) is 15.8 Å². The molecular formula is C7H3Cl2F2NO3. The fraction of sp³-hybridized carbons (Fsp3) is 0.143. The number of nitro benzene ring substituents is 1. The fourth-order valence-electron chi connectivity index (χ4n) is 0.888. The van der Waals surface area contributed by atoms with Crippen LogP contribution in [-0.2, 0) is 0 Å². The van der Waals surface area contributed by atoms with Gasteiger partial charge in [-0.3, -0.25) is 10.1 Å². The molecule has 0 saturated carbocycles. The van der Waals surface area contributed by atoms with Crippen LogP contribution >= 0.6 is 23.2 Å². The van der Waals surface area contributed by atoms with Crippen molar-refractivity contribution in [1.29, 1.82) is 0 Å². The molecule has 4 nitrogen and oxygen atoms in total. The standard InChI is InChI=1S/C7H3Cl2F2NO3/c8-4-1-3(15-7(10)11)2-5(9)6(4)12(13)14/h1-2,7H. The van der Waals surface area contributed by atoms with Crippen LogP contribution < -0.4 is 4.74 Å². The molecule has 0 bridgehead atoms. The van der Waals surface area contributed by atoms with Gasteiger partial charge in [-0.25, -0.2) is 0 Å². The van der Waals surface area contributed by atoms with Gasteiger partial charge in [0.15, 0.2) is 0 Å². The van der Waals surface area contributed by atoms with E-state index in [1.165, 1.54) is 0 Å². The Morgan fingerprint density at radius 2 is 1.80 bits per heavy atom. The van der Waals surface area contributed by atoms with Gasteiger partial charge in [0.1, 0.15) is 15.8 Å². The predicted octanol–water partition coefficient (Wildman–Crippen LogP) is 3.50. The molecule has 0 aliphatic rings. The third-order valence-electron chi connectivity index (χ3n) is 1.40. The van der Waals surface area contributed by atoms with Crippen LogP contribution in [0.4, 0.5) is 14.5 Å². The lowest BCUT2D eigenvalue weighted by molar-refractivity contribution is -0.384. The quantitative estimate of drug-likeness (QED) is 0.615. The average molecular weight is 258 g/mol. The SMILES string of the molecule is O=[N+]([O-])c1c(Cl)cc(OC(F)F)cc1Cl. The number of benzene rings is 1. The number of nitrogens with zero attached hydrogens (tertiary/aromatic N) is 1. The molecule has 0 N–H and O–H groups in total. The van der Waals surface area contributed by atoms with E-state index in [1.807, 2.05) is 0 Å². The number of halogens is 4. The lowest BCUT2D eigenvalue weighted by Gasteiger charge is -2.05. The maximum atomic E-state index is 11.8. The third kappa shape index (κ3) is 2.90. The Bertz CT molecular complexity index is 377. The molecule has 15 heavy (non-hydrogen) atoms. The summed E-state index contributed by atoms with van der Waals surface area (Å²) in [5.41, 5.74) is -0.542. The summed E-state index contributed by atoms with van der Waals surface area (Å²) in [6.45, 7) is -3.04. The molecule has 0 atom stereocenters. The van der Waals surface area contributed by atoms with E-state index in [0.717, 1.165) is 12.1 Å². The summed E-state index contributed by atoms with van der Waals surface area (Å²) < 4.78 is 27.6. The molecule has 0 aromatic heterocycles. The van der Waals surface area contributed by atoms with Crippen molar-refractivity contribution in [2.45, 2.75) is 6.61 Å². The Morgan fingerprint density at radius 1 is 1.33 bits per heavy atom. The lowest BCUT2D eigenvalue weighted by Crippen LogP contribution is -2.02. The van der Waals surface area contributed by atoms with Gasteiger partial charge in [-0.15, -0.1) is 0 Å². The first kappa shape index (κ1) is 11.9. The molecule has 0 saturated heterocycles. The Labute approximate surface area is 92.5 Å². The zero-order valence-electron chi connectivity index (χ0n) is 6.92. The van der Waals surface area contributed by atoms with Crippen molar-refractivity contribution < 1.29 is 18.4 Å². The minimum absolute atomic E-state index is 0.328. The van der Waals surface area contributed by atoms with E-state index >= 15 is 0 Å². The number of hydrogen-bond donors (Lipinski definition) is 0. The van der Waals surface area contributed by atoms with Crippen LogP contribution in [0.25, 0.3) is 0 Å². The van der Waals surface area contributed by atoms with Crippen LogP contribution in [0.15, 0.2) is 12.1 Å². The molecule has 82 valence electrons. The van der Waals surface area contributed by atoms with Crippen LogP contribution in [0.3, 0.4) is 0 Å². The van der Waals surface area contributed by atoms with Crippen LogP contribution in [0, 0.1) is 10.1 Å². The normalized spacial score (nSPS) is 10.5. The van der Waals surface area contributed by atoms with Gasteiger partial charge in [0.2, 0.25) is 0 Å². The maximum absolute atomic E-state index is 11.8. The number of rotatable bonds is 3. The highest BCUT2D eigenvalue weighted by Gasteiger charge is 2.20. The monoisotopic (exact) mass is 257 g/mol. The number of hydrogen-bond acceptors (Lipinski definition) is 3. The van der Waals surface area contributed by atoms with E-state index < -0.39 is 17.2 Å². The van der Waals surface area contributed by atoms with Gasteiger partial charge < -0.3 is 4.74 Å². The first-order valence-electron chi connectivity index (χ1n) is 3.50. The topological polar surface area (TPSA) is 52.4 Å². The van der Waals surface area contributed by atoms with Gasteiger partial charge in [0.05, 0.1) is 4.92 Å². The third-order valence-corrected chi connectivity index (χ3v) is 1.97. The zero-order valence-corrected chi connectivity index (χ0v) is 8.43. The molecule has 0 amide bonds. The molecule has 1 aromatic rings. The lowest BCUT2D eigenvalue weighted by atomic mass is 10.3. The van der Waals surface area contributed by atoms with E-state index in [2.05, 4.69) is 4.74 Å². The van der Waals surface area contributed by atoms with Gasteiger partial charge in [-0.05, 0) is 0 Å². The van der Waals surface area contributed by atoms with Gasteiger partial charge in [0.25, 0.3) is 0 Å². The number of ether oxygens (including phenoxy) is 1. The molecule has 1 rings (SSSR count). The van der Waals surface area contributed by atoms with Crippen molar-refractivity contribution in [3.8, 4) is 5.75 Å². The Kier molecular flexibility index (Phi) is 3.65. The second-order valence-corrected chi connectivity index (χ2v) is 3.19. The number of nitro groups is 1. The fourth-order valence-corrected chi connectivity index (χ4v) is 1.49.